The molecule has 0 bridgehead atoms. The zero-order chi connectivity index (χ0) is 34.3. The summed E-state index contributed by atoms with van der Waals surface area (Å²) in [5.41, 5.74) is 7.09. The van der Waals surface area contributed by atoms with Gasteiger partial charge in [0.25, 0.3) is 0 Å². The van der Waals surface area contributed by atoms with Crippen molar-refractivity contribution in [2.24, 2.45) is 0 Å². The van der Waals surface area contributed by atoms with Crippen molar-refractivity contribution >= 4 is 54.6 Å². The minimum absolute atomic E-state index is 0.608. The maximum atomic E-state index is 5.21. The first kappa shape index (κ1) is 30.6. The van der Waals surface area contributed by atoms with Crippen LogP contribution in [0.25, 0.3) is 94.2 Å². The summed E-state index contributed by atoms with van der Waals surface area (Å²) in [6.07, 6.45) is 6.21. The van der Waals surface area contributed by atoms with Crippen molar-refractivity contribution in [2.45, 2.75) is 6.92 Å². The van der Waals surface area contributed by atoms with Crippen LogP contribution in [0.2, 0.25) is 0 Å². The second-order valence-electron chi connectivity index (χ2n) is 12.4. The zero-order valence-electron chi connectivity index (χ0n) is 28.0. The van der Waals surface area contributed by atoms with Gasteiger partial charge in [-0.05, 0) is 36.8 Å². The van der Waals surface area contributed by atoms with E-state index in [4.69, 9.17) is 15.0 Å². The van der Waals surface area contributed by atoms with Crippen molar-refractivity contribution in [1.82, 2.24) is 19.5 Å². The number of hydrogen-bond acceptors (Lipinski definition) is 4. The number of aromatic nitrogens is 4. The molecule has 4 nitrogen and oxygen atoms in total. The maximum absolute atomic E-state index is 5.21. The third kappa shape index (κ3) is 5.27. The van der Waals surface area contributed by atoms with Gasteiger partial charge < -0.3 is 4.57 Å². The molecule has 0 atom stereocenters. The molecule has 9 aromatic rings. The highest BCUT2D eigenvalue weighted by atomic mass is 32.1. The highest BCUT2D eigenvalue weighted by molar-refractivity contribution is 7.25. The summed E-state index contributed by atoms with van der Waals surface area (Å²) < 4.78 is 4.92. The van der Waals surface area contributed by atoms with Crippen LogP contribution in [-0.2, 0) is 0 Å². The lowest BCUT2D eigenvalue weighted by molar-refractivity contribution is 1.04. The third-order valence-electron chi connectivity index (χ3n) is 9.39. The van der Waals surface area contributed by atoms with Crippen LogP contribution >= 0.6 is 11.3 Å². The minimum Gasteiger partial charge on any atom is -0.308 e. The van der Waals surface area contributed by atoms with Gasteiger partial charge in [0.05, 0.1) is 11.2 Å². The predicted molar refractivity (Wildman–Crippen MR) is 215 cm³/mol. The Hall–Kier alpha value is -6.43. The molecule has 0 fully saturated rings. The first-order valence-corrected chi connectivity index (χ1v) is 17.8. The lowest BCUT2D eigenvalue weighted by Crippen LogP contribution is -2.28. The first-order chi connectivity index (χ1) is 25.2. The molecular formula is C46H32N4S. The molecule has 3 aromatic heterocycles. The van der Waals surface area contributed by atoms with E-state index in [0.717, 1.165) is 49.6 Å². The maximum Gasteiger partial charge on any atom is 0.166 e. The number of hydrogen-bond donors (Lipinski definition) is 0. The van der Waals surface area contributed by atoms with Crippen molar-refractivity contribution in [3.63, 3.8) is 0 Å². The predicted octanol–water partition coefficient (Wildman–Crippen LogP) is 10.6. The number of thiophene rings is 1. The van der Waals surface area contributed by atoms with Crippen LogP contribution in [0.15, 0.2) is 158 Å². The fourth-order valence-electron chi connectivity index (χ4n) is 7.11. The van der Waals surface area contributed by atoms with E-state index in [1.165, 1.54) is 25.6 Å². The van der Waals surface area contributed by atoms with Gasteiger partial charge in [-0.1, -0.05) is 146 Å². The standard InChI is InChI=1S/C46H32N4S/c1-3-17-34-37-28-38-35-24-14-15-27-41(35)51-42(38)29-40(37)50(39(34)4-2)43-33(30-18-8-5-9-19-30)25-16-26-36(43)46-48-44(31-20-10-6-11-21-31)47-45(49-46)32-22-12-7-13-23-32/h3-29H,1H2,2H3/b34-17-,39-4+. The van der Waals surface area contributed by atoms with Crippen LogP contribution in [0.1, 0.15) is 6.92 Å². The summed E-state index contributed by atoms with van der Waals surface area (Å²) in [7, 11) is 0. The fraction of sp³-hybridized carbons (Fsp3) is 0.0217. The molecule has 0 radical (unpaired) electrons. The molecule has 6 aromatic carbocycles. The molecule has 3 heterocycles. The molecular weight excluding hydrogens is 641 g/mol. The summed E-state index contributed by atoms with van der Waals surface area (Å²) >= 11 is 1.83. The molecule has 0 aliphatic heterocycles. The van der Waals surface area contributed by atoms with E-state index in [2.05, 4.69) is 115 Å². The molecule has 0 saturated heterocycles. The summed E-state index contributed by atoms with van der Waals surface area (Å²) in [6, 6.07) is 50.7. The average Bonchev–Trinajstić information content (AvgIpc) is 3.71. The smallest absolute Gasteiger partial charge is 0.166 e. The van der Waals surface area contributed by atoms with Gasteiger partial charge in [-0.25, -0.2) is 15.0 Å². The van der Waals surface area contributed by atoms with Crippen LogP contribution in [-0.4, -0.2) is 19.5 Å². The molecule has 0 aliphatic rings. The van der Waals surface area contributed by atoms with Gasteiger partial charge >= 0.3 is 0 Å². The Morgan fingerprint density at radius 2 is 1.14 bits per heavy atom. The molecule has 0 saturated carbocycles. The fourth-order valence-corrected chi connectivity index (χ4v) is 8.23. The lowest BCUT2D eigenvalue weighted by Gasteiger charge is -2.18. The van der Waals surface area contributed by atoms with E-state index in [0.29, 0.717) is 17.5 Å². The molecule has 0 spiro atoms. The van der Waals surface area contributed by atoms with E-state index in [1.807, 2.05) is 78.1 Å². The lowest BCUT2D eigenvalue weighted by atomic mass is 9.98. The quantitative estimate of drug-likeness (QED) is 0.177. The summed E-state index contributed by atoms with van der Waals surface area (Å²) in [6.45, 7) is 6.23. The molecule has 9 rings (SSSR count). The summed E-state index contributed by atoms with van der Waals surface area (Å²) in [4.78, 5) is 15.4. The van der Waals surface area contributed by atoms with Crippen molar-refractivity contribution in [3.05, 3.63) is 169 Å². The minimum atomic E-state index is 0.608. The Balaban J connectivity index is 1.43. The molecule has 5 heteroatoms. The molecule has 51 heavy (non-hydrogen) atoms. The molecule has 0 amide bonds. The van der Waals surface area contributed by atoms with Crippen LogP contribution in [0.5, 0.6) is 0 Å². The molecule has 242 valence electrons. The number of benzene rings is 6. The van der Waals surface area contributed by atoms with E-state index in [9.17, 15) is 0 Å². The summed E-state index contributed by atoms with van der Waals surface area (Å²) in [5.74, 6) is 1.86. The monoisotopic (exact) mass is 672 g/mol. The Morgan fingerprint density at radius 3 is 1.78 bits per heavy atom. The molecule has 0 aliphatic carbocycles. The van der Waals surface area contributed by atoms with Crippen molar-refractivity contribution in [1.29, 1.82) is 0 Å². The Bertz CT molecular complexity index is 2810. The van der Waals surface area contributed by atoms with Gasteiger partial charge in [-0.15, -0.1) is 11.3 Å². The average molecular weight is 673 g/mol. The van der Waals surface area contributed by atoms with Crippen molar-refractivity contribution in [3.8, 4) is 51.0 Å². The van der Waals surface area contributed by atoms with Crippen LogP contribution < -0.4 is 10.6 Å². The Kier molecular flexibility index (Phi) is 7.68. The zero-order valence-corrected chi connectivity index (χ0v) is 28.8. The topological polar surface area (TPSA) is 43.6 Å². The Morgan fingerprint density at radius 1 is 0.549 bits per heavy atom. The molecule has 0 unspecified atom stereocenters. The van der Waals surface area contributed by atoms with Crippen LogP contribution in [0.3, 0.4) is 0 Å². The number of allylic oxidation sites excluding steroid dienone is 1. The normalized spacial score (nSPS) is 12.3. The van der Waals surface area contributed by atoms with Gasteiger partial charge in [0.2, 0.25) is 0 Å². The Labute approximate surface area is 299 Å². The second kappa shape index (κ2) is 12.8. The SMILES string of the molecule is C=C/C=c1\c(=C/C)n(-c2c(-c3ccccc3)cccc2-c2nc(-c3ccccc3)nc(-c3ccccc3)n2)c2cc3sc4ccccc4c3cc12. The van der Waals surface area contributed by atoms with Gasteiger partial charge in [0.15, 0.2) is 17.5 Å². The number of fused-ring (bicyclic) bond motifs is 4. The highest BCUT2D eigenvalue weighted by Crippen LogP contribution is 2.39. The van der Waals surface area contributed by atoms with Crippen molar-refractivity contribution in [2.75, 3.05) is 0 Å². The second-order valence-corrected chi connectivity index (χ2v) is 13.5. The van der Waals surface area contributed by atoms with Crippen LogP contribution in [0, 0.1) is 0 Å². The number of rotatable bonds is 6. The van der Waals surface area contributed by atoms with Crippen molar-refractivity contribution < 1.29 is 0 Å². The first-order valence-electron chi connectivity index (χ1n) is 17.0. The van der Waals surface area contributed by atoms with Gasteiger partial charge in [-0.2, -0.15) is 0 Å². The summed E-state index contributed by atoms with van der Waals surface area (Å²) in [5, 5.41) is 5.90. The van der Waals surface area contributed by atoms with E-state index in [-0.39, 0.29) is 0 Å². The third-order valence-corrected chi connectivity index (χ3v) is 10.5. The number of para-hydroxylation sites is 1. The largest absolute Gasteiger partial charge is 0.308 e. The van der Waals surface area contributed by atoms with Crippen LogP contribution in [0.4, 0.5) is 0 Å². The van der Waals surface area contributed by atoms with E-state index in [1.54, 1.807) is 0 Å². The van der Waals surface area contributed by atoms with Gasteiger partial charge in [-0.3, -0.25) is 0 Å². The van der Waals surface area contributed by atoms with Gasteiger partial charge in [0, 0.05) is 58.4 Å². The molecule has 0 N–H and O–H groups in total. The highest BCUT2D eigenvalue weighted by Gasteiger charge is 2.22. The van der Waals surface area contributed by atoms with E-state index < -0.39 is 0 Å². The number of nitrogens with zero attached hydrogens (tertiary/aromatic N) is 4. The van der Waals surface area contributed by atoms with Gasteiger partial charge in [0.1, 0.15) is 0 Å². The van der Waals surface area contributed by atoms with E-state index >= 15 is 0 Å².